The van der Waals surface area contributed by atoms with Gasteiger partial charge in [-0.3, -0.25) is 9.79 Å². The molecule has 148 valence electrons. The highest BCUT2D eigenvalue weighted by molar-refractivity contribution is 7.11. The Hall–Kier alpha value is -2.35. The summed E-state index contributed by atoms with van der Waals surface area (Å²) >= 11 is 1.77. The van der Waals surface area contributed by atoms with Crippen molar-refractivity contribution in [2.75, 3.05) is 26.2 Å². The van der Waals surface area contributed by atoms with Crippen LogP contribution in [0.15, 0.2) is 27.9 Å². The average Bonchev–Trinajstić information content (AvgIpc) is 3.30. The number of aryl methyl sites for hydroxylation is 2. The summed E-state index contributed by atoms with van der Waals surface area (Å²) in [6, 6.07) is 1.78. The van der Waals surface area contributed by atoms with Crippen LogP contribution in [0.1, 0.15) is 46.3 Å². The fourth-order valence-corrected chi connectivity index (χ4v) is 3.28. The van der Waals surface area contributed by atoms with Gasteiger partial charge in [0.2, 0.25) is 0 Å². The summed E-state index contributed by atoms with van der Waals surface area (Å²) in [5.41, 5.74) is 0.843. The lowest BCUT2D eigenvalue weighted by Crippen LogP contribution is -2.38. The molecule has 8 heteroatoms. The van der Waals surface area contributed by atoms with Crippen LogP contribution in [0.2, 0.25) is 0 Å². The highest BCUT2D eigenvalue weighted by atomic mass is 32.1. The van der Waals surface area contributed by atoms with Gasteiger partial charge < -0.3 is 20.4 Å². The molecular weight excluding hydrogens is 362 g/mol. The van der Waals surface area contributed by atoms with Gasteiger partial charge in [-0.15, -0.1) is 11.3 Å². The average molecular weight is 392 g/mol. The van der Waals surface area contributed by atoms with Gasteiger partial charge in [0.05, 0.1) is 11.3 Å². The second-order valence-corrected chi connectivity index (χ2v) is 7.25. The number of hydrogen-bond acceptors (Lipinski definition) is 5. The van der Waals surface area contributed by atoms with Crippen LogP contribution in [0.4, 0.5) is 0 Å². The summed E-state index contributed by atoms with van der Waals surface area (Å²) in [7, 11) is 0. The molecule has 3 N–H and O–H groups in total. The van der Waals surface area contributed by atoms with E-state index in [1.165, 1.54) is 11.1 Å². The number of carbonyl (C=O) groups excluding carboxylic acids is 1. The van der Waals surface area contributed by atoms with E-state index in [0.29, 0.717) is 18.8 Å². The fraction of sp³-hybridized carbons (Fsp3) is 0.526. The van der Waals surface area contributed by atoms with E-state index in [9.17, 15) is 4.79 Å². The molecule has 0 radical (unpaired) electrons. The van der Waals surface area contributed by atoms with Crippen molar-refractivity contribution in [3.8, 4) is 0 Å². The Morgan fingerprint density at radius 3 is 2.78 bits per heavy atom. The molecule has 0 aliphatic heterocycles. The van der Waals surface area contributed by atoms with Gasteiger partial charge in [0.15, 0.2) is 11.7 Å². The predicted octanol–water partition coefficient (Wildman–Crippen LogP) is 2.52. The first kappa shape index (κ1) is 21.0. The first-order chi connectivity index (χ1) is 13.1. The highest BCUT2D eigenvalue weighted by Crippen LogP contribution is 2.13. The van der Waals surface area contributed by atoms with Gasteiger partial charge in [0.1, 0.15) is 0 Å². The summed E-state index contributed by atoms with van der Waals surface area (Å²) in [6.45, 7) is 8.81. The first-order valence-electron chi connectivity index (χ1n) is 9.42. The number of amides is 1. The second-order valence-electron chi connectivity index (χ2n) is 6.05. The number of rotatable bonds is 10. The third-order valence-corrected chi connectivity index (χ3v) is 5.09. The van der Waals surface area contributed by atoms with Crippen LogP contribution in [-0.4, -0.2) is 43.0 Å². The molecule has 0 saturated heterocycles. The topological polar surface area (TPSA) is 91.5 Å². The molecule has 0 atom stereocenters. The van der Waals surface area contributed by atoms with Crippen molar-refractivity contribution in [2.24, 2.45) is 4.99 Å². The number of guanidine groups is 1. The molecule has 2 heterocycles. The molecule has 2 aromatic heterocycles. The summed E-state index contributed by atoms with van der Waals surface area (Å²) in [5, 5.41) is 10.6. The zero-order chi connectivity index (χ0) is 19.5. The lowest BCUT2D eigenvalue weighted by atomic mass is 10.2. The van der Waals surface area contributed by atoms with Crippen molar-refractivity contribution in [2.45, 2.75) is 40.0 Å². The maximum Gasteiger partial charge on any atom is 0.287 e. The maximum absolute atomic E-state index is 12.0. The first-order valence-corrected chi connectivity index (χ1v) is 10.2. The van der Waals surface area contributed by atoms with Crippen LogP contribution in [0.25, 0.3) is 0 Å². The van der Waals surface area contributed by atoms with E-state index in [-0.39, 0.29) is 5.91 Å². The Morgan fingerprint density at radius 1 is 1.26 bits per heavy atom. The van der Waals surface area contributed by atoms with E-state index in [2.05, 4.69) is 32.9 Å². The van der Waals surface area contributed by atoms with Crippen LogP contribution in [0.5, 0.6) is 0 Å². The number of nitrogens with one attached hydrogen (secondary N) is 3. The van der Waals surface area contributed by atoms with Crippen molar-refractivity contribution in [1.82, 2.24) is 20.9 Å². The third kappa shape index (κ3) is 7.05. The Bertz CT molecular complexity index is 738. The molecule has 0 spiro atoms. The molecule has 0 fully saturated rings. The minimum atomic E-state index is -0.179. The number of thiazole rings is 1. The van der Waals surface area contributed by atoms with Crippen molar-refractivity contribution in [3.63, 3.8) is 0 Å². The summed E-state index contributed by atoms with van der Waals surface area (Å²) in [5.74, 6) is 0.987. The molecule has 0 saturated carbocycles. The number of nitrogens with zero attached hydrogens (tertiary/aromatic N) is 2. The lowest BCUT2D eigenvalue weighted by Gasteiger charge is -2.10. The molecule has 1 amide bonds. The fourth-order valence-electron chi connectivity index (χ4n) is 2.41. The molecule has 0 aromatic carbocycles. The van der Waals surface area contributed by atoms with Gasteiger partial charge in [-0.1, -0.05) is 6.92 Å². The lowest BCUT2D eigenvalue weighted by molar-refractivity contribution is 0.0925. The predicted molar refractivity (Wildman–Crippen MR) is 110 cm³/mol. The van der Waals surface area contributed by atoms with E-state index in [1.54, 1.807) is 17.4 Å². The molecule has 0 unspecified atom stereocenters. The van der Waals surface area contributed by atoms with Gasteiger partial charge in [-0.05, 0) is 32.8 Å². The monoisotopic (exact) mass is 391 g/mol. The van der Waals surface area contributed by atoms with E-state index in [1.807, 2.05) is 20.0 Å². The zero-order valence-electron chi connectivity index (χ0n) is 16.3. The van der Waals surface area contributed by atoms with Gasteiger partial charge in [0.25, 0.3) is 5.91 Å². The maximum atomic E-state index is 12.0. The smallest absolute Gasteiger partial charge is 0.287 e. The van der Waals surface area contributed by atoms with Gasteiger partial charge in [-0.25, -0.2) is 4.98 Å². The van der Waals surface area contributed by atoms with Gasteiger partial charge in [0, 0.05) is 49.2 Å². The summed E-state index contributed by atoms with van der Waals surface area (Å²) in [6.07, 6.45) is 6.16. The van der Waals surface area contributed by atoms with Crippen LogP contribution < -0.4 is 16.0 Å². The Balaban J connectivity index is 1.68. The van der Waals surface area contributed by atoms with Crippen LogP contribution in [0, 0.1) is 6.92 Å². The normalized spacial score (nSPS) is 11.4. The summed E-state index contributed by atoms with van der Waals surface area (Å²) in [4.78, 5) is 22.2. The molecular formula is C19H29N5O2S. The molecule has 2 aromatic rings. The van der Waals surface area contributed by atoms with E-state index in [0.717, 1.165) is 48.9 Å². The number of furan rings is 1. The molecule has 27 heavy (non-hydrogen) atoms. The quantitative estimate of drug-likeness (QED) is 0.329. The Morgan fingerprint density at radius 2 is 2.11 bits per heavy atom. The van der Waals surface area contributed by atoms with Crippen molar-refractivity contribution < 1.29 is 9.21 Å². The standard InChI is InChI=1S/C19H29N5O2S/c1-4-15-13-24-16(27-15)7-11-23-19(20-5-2)22-10-6-9-21-18(25)17-14(3)8-12-26-17/h8,12-13H,4-7,9-11H2,1-3H3,(H,21,25)(H2,20,22,23). The van der Waals surface area contributed by atoms with Crippen molar-refractivity contribution in [1.29, 1.82) is 0 Å². The number of hydrogen-bond donors (Lipinski definition) is 3. The van der Waals surface area contributed by atoms with E-state index >= 15 is 0 Å². The number of carbonyl (C=O) groups is 1. The Labute approximate surface area is 164 Å². The van der Waals surface area contributed by atoms with Gasteiger partial charge in [-0.2, -0.15) is 0 Å². The van der Waals surface area contributed by atoms with E-state index in [4.69, 9.17) is 4.42 Å². The van der Waals surface area contributed by atoms with Crippen LogP contribution in [0.3, 0.4) is 0 Å². The highest BCUT2D eigenvalue weighted by Gasteiger charge is 2.11. The van der Waals surface area contributed by atoms with Crippen molar-refractivity contribution in [3.05, 3.63) is 39.7 Å². The Kier molecular flexibility index (Phi) is 8.83. The zero-order valence-corrected chi connectivity index (χ0v) is 17.1. The number of aliphatic imine (C=N–C) groups is 1. The minimum Gasteiger partial charge on any atom is -0.459 e. The van der Waals surface area contributed by atoms with Crippen molar-refractivity contribution >= 4 is 23.2 Å². The molecule has 7 nitrogen and oxygen atoms in total. The second kappa shape index (κ2) is 11.4. The largest absolute Gasteiger partial charge is 0.459 e. The van der Waals surface area contributed by atoms with Crippen LogP contribution >= 0.6 is 11.3 Å². The third-order valence-electron chi connectivity index (χ3n) is 3.88. The van der Waals surface area contributed by atoms with E-state index < -0.39 is 0 Å². The summed E-state index contributed by atoms with van der Waals surface area (Å²) < 4.78 is 5.18. The van der Waals surface area contributed by atoms with Gasteiger partial charge >= 0.3 is 0 Å². The molecule has 0 aliphatic carbocycles. The van der Waals surface area contributed by atoms with Crippen LogP contribution in [-0.2, 0) is 12.8 Å². The molecule has 0 bridgehead atoms. The number of aromatic nitrogens is 1. The molecule has 0 aliphatic rings. The molecule has 2 rings (SSSR count). The minimum absolute atomic E-state index is 0.179. The SMILES string of the molecule is CCNC(=NCCCNC(=O)c1occc1C)NCCc1ncc(CC)s1.